The number of primary amides is 1. The molecule has 14 nitrogen and oxygen atoms in total. The van der Waals surface area contributed by atoms with Gasteiger partial charge in [-0.25, -0.2) is 29.1 Å². The molecule has 0 aliphatic rings. The van der Waals surface area contributed by atoms with Crippen LogP contribution in [-0.4, -0.2) is 25.4 Å². The van der Waals surface area contributed by atoms with Crippen LogP contribution in [0.15, 0.2) is 95.0 Å². The zero-order valence-corrected chi connectivity index (χ0v) is 19.9. The monoisotopic (exact) mass is 533 g/mol. The number of nitrogens with one attached hydrogen (secondary N) is 2. The molecule has 0 atom stereocenters. The number of amides is 1. The molecule has 2 heterocycles. The van der Waals surface area contributed by atoms with Crippen molar-refractivity contribution in [3.05, 3.63) is 125 Å². The number of nitrogens with zero attached hydrogens (tertiary/aromatic N) is 2. The smallest absolute Gasteiger partial charge is 0.440 e. The molecule has 5 aromatic rings. The lowest BCUT2D eigenvalue weighted by atomic mass is 10.2. The summed E-state index contributed by atoms with van der Waals surface area (Å²) in [6, 6.07) is 17.8. The molecule has 14 heteroatoms. The summed E-state index contributed by atoms with van der Waals surface area (Å²) in [6.45, 7) is 0.0876. The third-order valence-corrected chi connectivity index (χ3v) is 5.39. The van der Waals surface area contributed by atoms with E-state index in [2.05, 4.69) is 0 Å². The van der Waals surface area contributed by atoms with Crippen LogP contribution in [-0.2, 0) is 13.1 Å². The quantitative estimate of drug-likeness (QED) is 0.250. The first-order valence-electron chi connectivity index (χ1n) is 11.3. The molecule has 3 aromatic carbocycles. The van der Waals surface area contributed by atoms with Crippen LogP contribution in [0.5, 0.6) is 23.0 Å². The average Bonchev–Trinajstić information content (AvgIpc) is 3.39. The standard InChI is InChI=1S/C25H19N5O9/c26-21(31)16-9-19(36-17-5-1-14(2-6-17)12-29-22(32)27-24(34)38-29)11-20(10-16)37-18-7-3-15(4-8-18)13-30-23(33)28-25(35)39-30/h1-11H,12-13H2,(H2,26,31)(H,27,32,34)(H,28,33,35). The lowest BCUT2D eigenvalue weighted by Gasteiger charge is -2.12. The van der Waals surface area contributed by atoms with Crippen LogP contribution >= 0.6 is 0 Å². The van der Waals surface area contributed by atoms with Gasteiger partial charge in [-0.05, 0) is 47.5 Å². The molecule has 0 aliphatic carbocycles. The van der Waals surface area contributed by atoms with Crippen LogP contribution < -0.4 is 38.1 Å². The van der Waals surface area contributed by atoms with E-state index in [1.165, 1.54) is 12.1 Å². The highest BCUT2D eigenvalue weighted by molar-refractivity contribution is 5.93. The lowest BCUT2D eigenvalue weighted by Crippen LogP contribution is -2.17. The number of hydrogen-bond donors (Lipinski definition) is 3. The maximum atomic E-state index is 11.9. The first kappa shape index (κ1) is 24.9. The highest BCUT2D eigenvalue weighted by atomic mass is 16.5. The van der Waals surface area contributed by atoms with Crippen LogP contribution in [0.1, 0.15) is 21.5 Å². The molecule has 0 saturated heterocycles. The Balaban J connectivity index is 1.30. The number of benzene rings is 3. The molecule has 0 saturated carbocycles. The second-order valence-corrected chi connectivity index (χ2v) is 8.24. The number of carbonyl (C=O) groups excluding carboxylic acids is 1. The Morgan fingerprint density at radius 2 is 1.08 bits per heavy atom. The van der Waals surface area contributed by atoms with Gasteiger partial charge in [0.1, 0.15) is 23.0 Å². The molecule has 198 valence electrons. The fourth-order valence-corrected chi connectivity index (χ4v) is 3.60. The van der Waals surface area contributed by atoms with Crippen molar-refractivity contribution >= 4 is 5.91 Å². The van der Waals surface area contributed by atoms with Gasteiger partial charge in [-0.3, -0.25) is 4.79 Å². The molecular weight excluding hydrogens is 514 g/mol. The molecule has 0 radical (unpaired) electrons. The maximum Gasteiger partial charge on any atom is 0.440 e. The number of aromatic nitrogens is 4. The van der Waals surface area contributed by atoms with Gasteiger partial charge in [0.15, 0.2) is 0 Å². The van der Waals surface area contributed by atoms with Gasteiger partial charge >= 0.3 is 22.9 Å². The molecule has 5 rings (SSSR count). The minimum absolute atomic E-state index is 0.0438. The molecule has 0 bridgehead atoms. The molecule has 1 amide bonds. The first-order valence-corrected chi connectivity index (χ1v) is 11.3. The summed E-state index contributed by atoms with van der Waals surface area (Å²) in [5.74, 6) is -0.970. The summed E-state index contributed by atoms with van der Waals surface area (Å²) >= 11 is 0. The second kappa shape index (κ2) is 10.3. The Labute approximate surface area is 216 Å². The van der Waals surface area contributed by atoms with E-state index in [-0.39, 0.29) is 30.2 Å². The Kier molecular flexibility index (Phi) is 6.57. The molecule has 0 fully saturated rings. The van der Waals surface area contributed by atoms with E-state index in [0.717, 1.165) is 9.48 Å². The Morgan fingerprint density at radius 3 is 1.41 bits per heavy atom. The van der Waals surface area contributed by atoms with Gasteiger partial charge in [-0.2, -0.15) is 0 Å². The zero-order valence-electron chi connectivity index (χ0n) is 19.9. The lowest BCUT2D eigenvalue weighted by molar-refractivity contribution is 0.0999. The highest BCUT2D eigenvalue weighted by Gasteiger charge is 2.11. The topological polar surface area (TPSA) is 198 Å². The van der Waals surface area contributed by atoms with E-state index in [1.807, 2.05) is 9.97 Å². The minimum Gasteiger partial charge on any atom is -0.457 e. The summed E-state index contributed by atoms with van der Waals surface area (Å²) in [4.78, 5) is 61.4. The van der Waals surface area contributed by atoms with Crippen LogP contribution in [0.4, 0.5) is 0 Å². The third-order valence-electron chi connectivity index (χ3n) is 5.39. The molecule has 2 aromatic heterocycles. The number of carbonyl (C=O) groups is 1. The molecule has 39 heavy (non-hydrogen) atoms. The van der Waals surface area contributed by atoms with Crippen LogP contribution in [0.25, 0.3) is 0 Å². The van der Waals surface area contributed by atoms with Gasteiger partial charge in [-0.1, -0.05) is 24.3 Å². The van der Waals surface area contributed by atoms with Crippen molar-refractivity contribution < 1.29 is 23.3 Å². The summed E-state index contributed by atoms with van der Waals surface area (Å²) in [5, 5.41) is 0. The fraction of sp³-hybridized carbons (Fsp3) is 0.0800. The normalized spacial score (nSPS) is 10.9. The fourth-order valence-electron chi connectivity index (χ4n) is 3.60. The molecule has 0 spiro atoms. The number of ether oxygens (including phenoxy) is 2. The van der Waals surface area contributed by atoms with Crippen molar-refractivity contribution in [2.45, 2.75) is 13.1 Å². The number of hydrogen-bond acceptors (Lipinski definition) is 9. The van der Waals surface area contributed by atoms with Crippen LogP contribution in [0.3, 0.4) is 0 Å². The largest absolute Gasteiger partial charge is 0.457 e. The van der Waals surface area contributed by atoms with E-state index in [1.54, 1.807) is 54.6 Å². The number of nitrogens with two attached hydrogens (primary N) is 1. The molecule has 0 unspecified atom stereocenters. The Bertz CT molecular complexity index is 1740. The summed E-state index contributed by atoms with van der Waals surface area (Å²) in [7, 11) is 0. The van der Waals surface area contributed by atoms with Crippen LogP contribution in [0, 0.1) is 0 Å². The van der Waals surface area contributed by atoms with Crippen molar-refractivity contribution in [3.8, 4) is 23.0 Å². The van der Waals surface area contributed by atoms with Crippen molar-refractivity contribution in [2.75, 3.05) is 0 Å². The van der Waals surface area contributed by atoms with Crippen molar-refractivity contribution in [1.82, 2.24) is 19.4 Å². The van der Waals surface area contributed by atoms with Gasteiger partial charge in [0.05, 0.1) is 13.1 Å². The van der Waals surface area contributed by atoms with E-state index in [4.69, 9.17) is 24.3 Å². The number of H-pyrrole nitrogens is 2. The Morgan fingerprint density at radius 1 is 0.667 bits per heavy atom. The predicted octanol–water partition coefficient (Wildman–Crippen LogP) is 1.35. The highest BCUT2D eigenvalue weighted by Crippen LogP contribution is 2.30. The Hall–Kier alpha value is -5.79. The number of rotatable bonds is 9. The number of aromatic amines is 2. The zero-order chi connectivity index (χ0) is 27.5. The van der Waals surface area contributed by atoms with Gasteiger partial charge in [0.2, 0.25) is 5.91 Å². The molecule has 4 N–H and O–H groups in total. The summed E-state index contributed by atoms with van der Waals surface area (Å²) in [6.07, 6.45) is 0. The molecule has 0 aliphatic heterocycles. The van der Waals surface area contributed by atoms with Gasteiger partial charge < -0.3 is 24.3 Å². The van der Waals surface area contributed by atoms with Gasteiger partial charge in [0.25, 0.3) is 0 Å². The van der Waals surface area contributed by atoms with Crippen molar-refractivity contribution in [3.63, 3.8) is 0 Å². The minimum atomic E-state index is -0.841. The van der Waals surface area contributed by atoms with E-state index in [0.29, 0.717) is 22.6 Å². The summed E-state index contributed by atoms with van der Waals surface area (Å²) < 4.78 is 23.0. The maximum absolute atomic E-state index is 11.9. The van der Waals surface area contributed by atoms with E-state index < -0.39 is 28.8 Å². The SMILES string of the molecule is NC(=O)c1cc(Oc2ccc(Cn3oc(=O)[nH]c3=O)cc2)cc(Oc2ccc(Cn3oc(=O)[nH]c3=O)cc2)c1. The van der Waals surface area contributed by atoms with E-state index >= 15 is 0 Å². The van der Waals surface area contributed by atoms with E-state index in [9.17, 15) is 24.0 Å². The van der Waals surface area contributed by atoms with Gasteiger partial charge in [-0.15, -0.1) is 9.48 Å². The third kappa shape index (κ3) is 5.96. The second-order valence-electron chi connectivity index (χ2n) is 8.24. The predicted molar refractivity (Wildman–Crippen MR) is 133 cm³/mol. The molecular formula is C25H19N5O9. The van der Waals surface area contributed by atoms with Crippen molar-refractivity contribution in [1.29, 1.82) is 0 Å². The van der Waals surface area contributed by atoms with Crippen LogP contribution in [0.2, 0.25) is 0 Å². The average molecular weight is 533 g/mol. The van der Waals surface area contributed by atoms with Gasteiger partial charge in [0, 0.05) is 11.6 Å². The van der Waals surface area contributed by atoms with Crippen molar-refractivity contribution in [2.24, 2.45) is 5.73 Å². The first-order chi connectivity index (χ1) is 18.7. The summed E-state index contributed by atoms with van der Waals surface area (Å²) in [5.41, 5.74) is 5.67.